The Morgan fingerprint density at radius 3 is 2.77 bits per heavy atom. The van der Waals surface area contributed by atoms with Crippen LogP contribution in [0.3, 0.4) is 0 Å². The number of hydrogen-bond donors (Lipinski definition) is 1. The number of benzene rings is 2. The van der Waals surface area contributed by atoms with Crippen LogP contribution in [-0.2, 0) is 7.05 Å². The normalized spacial score (nSPS) is 12.6. The Hall–Kier alpha value is -1.44. The minimum absolute atomic E-state index is 0.142. The molecule has 0 unspecified atom stereocenters. The number of halogens is 2. The number of hydrogen-bond acceptors (Lipinski definition) is 4. The number of phenolic OH excluding ortho intramolecular Hbond substituents is 1. The van der Waals surface area contributed by atoms with Crippen LogP contribution in [0, 0.1) is 0 Å². The van der Waals surface area contributed by atoms with Gasteiger partial charge in [0.25, 0.3) is 0 Å². The van der Waals surface area contributed by atoms with E-state index < -0.39 is 0 Å². The summed E-state index contributed by atoms with van der Waals surface area (Å²) in [4.78, 5) is 0.797. The number of nitrogens with zero attached hydrogens (tertiary/aromatic N) is 3. The highest BCUT2D eigenvalue weighted by molar-refractivity contribution is 9.11. The first-order valence-corrected chi connectivity index (χ1v) is 8.76. The molecule has 0 spiro atoms. The van der Waals surface area contributed by atoms with Crippen LogP contribution < -0.4 is 4.80 Å². The first kappa shape index (κ1) is 15.5. The van der Waals surface area contributed by atoms with Crippen LogP contribution in [0.2, 0.25) is 0 Å². The molecule has 0 aliphatic heterocycles. The summed E-state index contributed by atoms with van der Waals surface area (Å²) in [5.74, 6) is 0.142. The molecule has 0 fully saturated rings. The maximum absolute atomic E-state index is 9.98. The zero-order valence-electron chi connectivity index (χ0n) is 11.5. The highest BCUT2D eigenvalue weighted by Crippen LogP contribution is 2.30. The second-order valence-corrected chi connectivity index (χ2v) is 7.36. The van der Waals surface area contributed by atoms with E-state index in [2.05, 4.69) is 48.1 Å². The second-order valence-electron chi connectivity index (χ2n) is 4.58. The number of fused-ring (bicyclic) bond motifs is 1. The molecule has 0 bridgehead atoms. The molecule has 3 aromatic rings. The van der Waals surface area contributed by atoms with E-state index in [1.807, 2.05) is 29.8 Å². The number of aromatic hydroxyl groups is 1. The summed E-state index contributed by atoms with van der Waals surface area (Å²) >= 11 is 8.25. The number of aromatic nitrogens is 1. The molecule has 3 rings (SSSR count). The largest absolute Gasteiger partial charge is 0.506 e. The van der Waals surface area contributed by atoms with Crippen LogP contribution >= 0.6 is 43.2 Å². The van der Waals surface area contributed by atoms with Crippen molar-refractivity contribution in [2.24, 2.45) is 17.3 Å². The smallest absolute Gasteiger partial charge is 0.211 e. The summed E-state index contributed by atoms with van der Waals surface area (Å²) in [7, 11) is 1.96. The number of thiazole rings is 1. The molecule has 0 saturated heterocycles. The molecule has 0 aliphatic rings. The summed E-state index contributed by atoms with van der Waals surface area (Å²) in [6, 6.07) is 11.7. The fraction of sp³-hybridized carbons (Fsp3) is 0.0667. The molecule has 0 atom stereocenters. The van der Waals surface area contributed by atoms with Gasteiger partial charge in [0, 0.05) is 17.1 Å². The lowest BCUT2D eigenvalue weighted by atomic mass is 10.2. The van der Waals surface area contributed by atoms with Gasteiger partial charge in [-0.3, -0.25) is 0 Å². The van der Waals surface area contributed by atoms with Gasteiger partial charge in [-0.25, -0.2) is 0 Å². The van der Waals surface area contributed by atoms with Gasteiger partial charge in [-0.05, 0) is 40.2 Å². The van der Waals surface area contributed by atoms with Crippen molar-refractivity contribution in [1.82, 2.24) is 4.57 Å². The summed E-state index contributed by atoms with van der Waals surface area (Å²) < 4.78 is 4.61. The van der Waals surface area contributed by atoms with Gasteiger partial charge >= 0.3 is 0 Å². The third kappa shape index (κ3) is 3.02. The van der Waals surface area contributed by atoms with Crippen LogP contribution in [0.4, 0.5) is 0 Å². The first-order valence-electron chi connectivity index (χ1n) is 6.36. The molecule has 4 nitrogen and oxygen atoms in total. The zero-order valence-corrected chi connectivity index (χ0v) is 15.5. The number of aryl methyl sites for hydroxylation is 1. The lowest BCUT2D eigenvalue weighted by Crippen LogP contribution is -2.08. The minimum Gasteiger partial charge on any atom is -0.506 e. The Kier molecular flexibility index (Phi) is 4.46. The minimum atomic E-state index is 0.142. The summed E-state index contributed by atoms with van der Waals surface area (Å²) in [6.45, 7) is 0. The molecule has 22 heavy (non-hydrogen) atoms. The van der Waals surface area contributed by atoms with E-state index in [0.717, 1.165) is 19.5 Å². The van der Waals surface area contributed by atoms with Gasteiger partial charge in [0.2, 0.25) is 4.80 Å². The molecule has 1 aromatic heterocycles. The van der Waals surface area contributed by atoms with E-state index in [0.29, 0.717) is 10.0 Å². The van der Waals surface area contributed by atoms with Crippen LogP contribution in [-0.4, -0.2) is 15.9 Å². The van der Waals surface area contributed by atoms with E-state index in [1.54, 1.807) is 23.5 Å². The van der Waals surface area contributed by atoms with Crippen molar-refractivity contribution in [3.8, 4) is 5.75 Å². The second kappa shape index (κ2) is 6.36. The summed E-state index contributed by atoms with van der Waals surface area (Å²) in [5, 5.41) is 18.3. The van der Waals surface area contributed by atoms with Gasteiger partial charge in [0.05, 0.1) is 20.9 Å². The quantitative estimate of drug-likeness (QED) is 0.465. The average molecular weight is 441 g/mol. The third-order valence-electron chi connectivity index (χ3n) is 3.11. The van der Waals surface area contributed by atoms with Crippen molar-refractivity contribution in [3.63, 3.8) is 0 Å². The van der Waals surface area contributed by atoms with Crippen molar-refractivity contribution in [1.29, 1.82) is 0 Å². The van der Waals surface area contributed by atoms with Crippen LogP contribution in [0.25, 0.3) is 10.2 Å². The summed E-state index contributed by atoms with van der Waals surface area (Å²) in [5.41, 5.74) is 1.71. The lowest BCUT2D eigenvalue weighted by molar-refractivity contribution is 0.471. The molecular formula is C15H11Br2N3OS. The molecule has 1 N–H and O–H groups in total. The molecule has 0 radical (unpaired) electrons. The number of para-hydroxylation sites is 1. The maximum atomic E-state index is 9.98. The maximum Gasteiger partial charge on any atom is 0.211 e. The molecular weight excluding hydrogens is 430 g/mol. The van der Waals surface area contributed by atoms with Crippen LogP contribution in [0.15, 0.2) is 55.5 Å². The topological polar surface area (TPSA) is 49.9 Å². The Morgan fingerprint density at radius 1 is 1.23 bits per heavy atom. The van der Waals surface area contributed by atoms with Crippen LogP contribution in [0.5, 0.6) is 5.75 Å². The predicted molar refractivity (Wildman–Crippen MR) is 97.5 cm³/mol. The van der Waals surface area contributed by atoms with Crippen molar-refractivity contribution in [2.75, 3.05) is 0 Å². The van der Waals surface area contributed by atoms with Crippen molar-refractivity contribution in [3.05, 3.63) is 55.7 Å². The standard InChI is InChI=1S/C15H11Br2N3OS/c1-20-12-4-2-3-5-13(12)22-15(20)19-18-8-9-6-10(16)7-11(17)14(9)21/h2-8,21H,1H3/b18-8+,19-15?. The molecule has 0 amide bonds. The van der Waals surface area contributed by atoms with E-state index in [9.17, 15) is 5.11 Å². The first-order chi connectivity index (χ1) is 10.6. The average Bonchev–Trinajstić information content (AvgIpc) is 2.81. The highest BCUT2D eigenvalue weighted by Gasteiger charge is 2.05. The summed E-state index contributed by atoms with van der Waals surface area (Å²) in [6.07, 6.45) is 1.54. The van der Waals surface area contributed by atoms with Crippen LogP contribution in [0.1, 0.15) is 5.56 Å². The van der Waals surface area contributed by atoms with Gasteiger partial charge in [-0.15, -0.1) is 5.10 Å². The molecule has 0 aliphatic carbocycles. The van der Waals surface area contributed by atoms with Gasteiger partial charge in [0.1, 0.15) is 5.75 Å². The lowest BCUT2D eigenvalue weighted by Gasteiger charge is -2.01. The Bertz CT molecular complexity index is 944. The molecule has 0 saturated carbocycles. The Morgan fingerprint density at radius 2 is 2.00 bits per heavy atom. The third-order valence-corrected chi connectivity index (χ3v) is 5.28. The van der Waals surface area contributed by atoms with E-state index in [4.69, 9.17) is 0 Å². The van der Waals surface area contributed by atoms with Crippen molar-refractivity contribution < 1.29 is 5.11 Å². The number of phenols is 1. The Labute approximate surface area is 147 Å². The van der Waals surface area contributed by atoms with E-state index in [1.165, 1.54) is 6.21 Å². The van der Waals surface area contributed by atoms with Crippen molar-refractivity contribution in [2.45, 2.75) is 0 Å². The predicted octanol–water partition coefficient (Wildman–Crippen LogP) is 4.41. The highest BCUT2D eigenvalue weighted by atomic mass is 79.9. The molecule has 7 heteroatoms. The monoisotopic (exact) mass is 439 g/mol. The molecule has 112 valence electrons. The van der Waals surface area contributed by atoms with E-state index in [-0.39, 0.29) is 5.75 Å². The van der Waals surface area contributed by atoms with Gasteiger partial charge in [0.15, 0.2) is 0 Å². The molecule has 1 heterocycles. The number of rotatable bonds is 2. The van der Waals surface area contributed by atoms with Gasteiger partial charge in [-0.2, -0.15) is 5.10 Å². The van der Waals surface area contributed by atoms with Gasteiger partial charge in [-0.1, -0.05) is 39.4 Å². The Balaban J connectivity index is 2.01. The SMILES string of the molecule is Cn1c(=N/N=C/c2cc(Br)cc(Br)c2O)sc2ccccc21. The fourth-order valence-corrected chi connectivity index (χ4v) is 4.24. The fourth-order valence-electron chi connectivity index (χ4n) is 2.00. The molecule has 2 aromatic carbocycles. The zero-order chi connectivity index (χ0) is 15.7. The van der Waals surface area contributed by atoms with Gasteiger partial charge < -0.3 is 9.67 Å². The van der Waals surface area contributed by atoms with E-state index >= 15 is 0 Å². The van der Waals surface area contributed by atoms with Crippen molar-refractivity contribution >= 4 is 59.6 Å².